The molecule has 0 saturated heterocycles. The molecule has 0 heterocycles. The highest BCUT2D eigenvalue weighted by molar-refractivity contribution is 5.76. The van der Waals surface area contributed by atoms with Gasteiger partial charge in [-0.1, -0.05) is 13.8 Å². The molecule has 2 bridgehead atoms. The molecule has 2 aliphatic carbocycles. The van der Waals surface area contributed by atoms with Crippen molar-refractivity contribution >= 4 is 5.91 Å². The van der Waals surface area contributed by atoms with Gasteiger partial charge in [-0.3, -0.25) is 4.79 Å². The van der Waals surface area contributed by atoms with Gasteiger partial charge in [-0.05, 0) is 43.4 Å². The summed E-state index contributed by atoms with van der Waals surface area (Å²) in [6.45, 7) is 4.51. The minimum Gasteiger partial charge on any atom is -0.396 e. The minimum absolute atomic E-state index is 0.176. The maximum atomic E-state index is 11.8. The molecule has 2 aliphatic rings. The van der Waals surface area contributed by atoms with Crippen molar-refractivity contribution in [2.45, 2.75) is 52.0 Å². The van der Waals surface area contributed by atoms with Crippen LogP contribution in [0.2, 0.25) is 0 Å². The molecule has 4 unspecified atom stereocenters. The molecule has 3 heteroatoms. The molecule has 2 saturated carbocycles. The van der Waals surface area contributed by atoms with Crippen LogP contribution in [0.15, 0.2) is 0 Å². The number of aliphatic hydroxyl groups is 1. The van der Waals surface area contributed by atoms with E-state index in [0.29, 0.717) is 30.1 Å². The van der Waals surface area contributed by atoms with Gasteiger partial charge in [-0.2, -0.15) is 0 Å². The smallest absolute Gasteiger partial charge is 0.220 e. The number of fused-ring (bicyclic) bond motifs is 2. The molecule has 98 valence electrons. The SMILES string of the molecule is CC(C)CCC(=O)NC1C2CCC(C2)C1CO. The normalized spacial score (nSPS) is 35.5. The van der Waals surface area contributed by atoms with Gasteiger partial charge in [0.25, 0.3) is 0 Å². The van der Waals surface area contributed by atoms with Crippen LogP contribution in [0.4, 0.5) is 0 Å². The van der Waals surface area contributed by atoms with E-state index in [2.05, 4.69) is 19.2 Å². The monoisotopic (exact) mass is 239 g/mol. The highest BCUT2D eigenvalue weighted by Crippen LogP contribution is 2.48. The summed E-state index contributed by atoms with van der Waals surface area (Å²) in [6.07, 6.45) is 5.27. The highest BCUT2D eigenvalue weighted by Gasteiger charge is 2.47. The molecule has 0 spiro atoms. The van der Waals surface area contributed by atoms with Gasteiger partial charge in [0, 0.05) is 25.0 Å². The topological polar surface area (TPSA) is 49.3 Å². The Labute approximate surface area is 104 Å². The van der Waals surface area contributed by atoms with Crippen LogP contribution < -0.4 is 5.32 Å². The fraction of sp³-hybridized carbons (Fsp3) is 0.929. The molecule has 1 amide bonds. The van der Waals surface area contributed by atoms with E-state index >= 15 is 0 Å². The number of nitrogens with one attached hydrogen (secondary N) is 1. The Kier molecular flexibility index (Phi) is 4.08. The van der Waals surface area contributed by atoms with Crippen LogP contribution in [0.5, 0.6) is 0 Å². The Hall–Kier alpha value is -0.570. The second-order valence-electron chi connectivity index (χ2n) is 6.21. The number of rotatable bonds is 5. The van der Waals surface area contributed by atoms with Gasteiger partial charge >= 0.3 is 0 Å². The Morgan fingerprint density at radius 3 is 2.71 bits per heavy atom. The van der Waals surface area contributed by atoms with Gasteiger partial charge in [-0.25, -0.2) is 0 Å². The number of carbonyl (C=O) groups is 1. The standard InChI is InChI=1S/C14H25NO2/c1-9(2)3-6-13(17)15-14-11-5-4-10(7-11)12(14)8-16/h9-12,14,16H,3-8H2,1-2H3,(H,15,17). The molecular weight excluding hydrogens is 214 g/mol. The summed E-state index contributed by atoms with van der Waals surface area (Å²) in [7, 11) is 0. The van der Waals surface area contributed by atoms with Gasteiger partial charge in [0.05, 0.1) is 0 Å². The van der Waals surface area contributed by atoms with E-state index in [0.717, 1.165) is 6.42 Å². The van der Waals surface area contributed by atoms with Crippen LogP contribution in [0.3, 0.4) is 0 Å². The molecule has 3 nitrogen and oxygen atoms in total. The Morgan fingerprint density at radius 2 is 2.06 bits per heavy atom. The van der Waals surface area contributed by atoms with Gasteiger partial charge in [0.1, 0.15) is 0 Å². The van der Waals surface area contributed by atoms with Crippen molar-refractivity contribution in [3.05, 3.63) is 0 Å². The minimum atomic E-state index is 0.176. The van der Waals surface area contributed by atoms with Gasteiger partial charge in [-0.15, -0.1) is 0 Å². The van der Waals surface area contributed by atoms with Gasteiger partial charge < -0.3 is 10.4 Å². The Morgan fingerprint density at radius 1 is 1.35 bits per heavy atom. The van der Waals surface area contributed by atoms with E-state index in [1.807, 2.05) is 0 Å². The first-order valence-electron chi connectivity index (χ1n) is 7.02. The molecule has 17 heavy (non-hydrogen) atoms. The average molecular weight is 239 g/mol. The highest BCUT2D eigenvalue weighted by atomic mass is 16.3. The Bertz CT molecular complexity index is 277. The molecule has 2 fully saturated rings. The third-order valence-electron chi connectivity index (χ3n) is 4.58. The summed E-state index contributed by atoms with van der Waals surface area (Å²) in [5, 5.41) is 12.6. The van der Waals surface area contributed by atoms with Crippen molar-refractivity contribution in [1.82, 2.24) is 5.32 Å². The summed E-state index contributed by atoms with van der Waals surface area (Å²) in [4.78, 5) is 11.8. The lowest BCUT2D eigenvalue weighted by atomic mass is 9.85. The Balaban J connectivity index is 1.83. The van der Waals surface area contributed by atoms with E-state index in [4.69, 9.17) is 0 Å². The van der Waals surface area contributed by atoms with Gasteiger partial charge in [0.15, 0.2) is 0 Å². The fourth-order valence-corrected chi connectivity index (χ4v) is 3.58. The van der Waals surface area contributed by atoms with Crippen molar-refractivity contribution in [2.24, 2.45) is 23.7 Å². The summed E-state index contributed by atoms with van der Waals surface area (Å²) in [6, 6.07) is 0.249. The number of carbonyl (C=O) groups excluding carboxylic acids is 1. The van der Waals surface area contributed by atoms with E-state index in [1.54, 1.807) is 0 Å². The molecule has 2 N–H and O–H groups in total. The van der Waals surface area contributed by atoms with Crippen LogP contribution in [-0.4, -0.2) is 23.7 Å². The zero-order chi connectivity index (χ0) is 12.4. The zero-order valence-electron chi connectivity index (χ0n) is 11.0. The second-order valence-corrected chi connectivity index (χ2v) is 6.21. The lowest BCUT2D eigenvalue weighted by Crippen LogP contribution is -2.45. The molecule has 2 rings (SSSR count). The molecule has 0 aromatic carbocycles. The average Bonchev–Trinajstić information content (AvgIpc) is 2.86. The molecule has 4 atom stereocenters. The first-order valence-corrected chi connectivity index (χ1v) is 7.02. The van der Waals surface area contributed by atoms with Crippen molar-refractivity contribution in [3.63, 3.8) is 0 Å². The number of hydrogen-bond acceptors (Lipinski definition) is 2. The third kappa shape index (κ3) is 2.82. The van der Waals surface area contributed by atoms with Crippen LogP contribution in [-0.2, 0) is 4.79 Å². The van der Waals surface area contributed by atoms with Crippen molar-refractivity contribution in [2.75, 3.05) is 6.61 Å². The second kappa shape index (κ2) is 5.38. The molecule has 0 aliphatic heterocycles. The molecule has 0 aromatic heterocycles. The largest absolute Gasteiger partial charge is 0.396 e. The molecule has 0 radical (unpaired) electrons. The van der Waals surface area contributed by atoms with E-state index in [-0.39, 0.29) is 18.6 Å². The van der Waals surface area contributed by atoms with E-state index in [9.17, 15) is 9.90 Å². The first-order chi connectivity index (χ1) is 8.11. The van der Waals surface area contributed by atoms with E-state index in [1.165, 1.54) is 19.3 Å². The summed E-state index contributed by atoms with van der Waals surface area (Å²) in [5.41, 5.74) is 0. The van der Waals surface area contributed by atoms with Crippen molar-refractivity contribution in [1.29, 1.82) is 0 Å². The quantitative estimate of drug-likeness (QED) is 0.770. The maximum absolute atomic E-state index is 11.8. The van der Waals surface area contributed by atoms with Gasteiger partial charge in [0.2, 0.25) is 5.91 Å². The van der Waals surface area contributed by atoms with Crippen LogP contribution in [0.25, 0.3) is 0 Å². The number of aliphatic hydroxyl groups excluding tert-OH is 1. The number of amides is 1. The third-order valence-corrected chi connectivity index (χ3v) is 4.58. The lowest BCUT2D eigenvalue weighted by molar-refractivity contribution is -0.122. The fourth-order valence-electron chi connectivity index (χ4n) is 3.58. The summed E-state index contributed by atoms with van der Waals surface area (Å²) >= 11 is 0. The van der Waals surface area contributed by atoms with Crippen LogP contribution in [0, 0.1) is 23.7 Å². The zero-order valence-corrected chi connectivity index (χ0v) is 11.0. The van der Waals surface area contributed by atoms with Crippen molar-refractivity contribution < 1.29 is 9.90 Å². The summed E-state index contributed by atoms with van der Waals surface area (Å²) < 4.78 is 0. The number of hydrogen-bond donors (Lipinski definition) is 2. The lowest BCUT2D eigenvalue weighted by Gasteiger charge is -2.30. The maximum Gasteiger partial charge on any atom is 0.220 e. The predicted octanol–water partition coefficient (Wildman–Crippen LogP) is 1.95. The van der Waals surface area contributed by atoms with E-state index < -0.39 is 0 Å². The summed E-state index contributed by atoms with van der Waals surface area (Å²) in [5.74, 6) is 2.35. The van der Waals surface area contributed by atoms with Crippen LogP contribution in [0.1, 0.15) is 46.0 Å². The van der Waals surface area contributed by atoms with Crippen LogP contribution >= 0.6 is 0 Å². The first kappa shape index (κ1) is 12.9. The molecule has 0 aromatic rings. The molecular formula is C14H25NO2. The predicted molar refractivity (Wildman–Crippen MR) is 67.4 cm³/mol. The van der Waals surface area contributed by atoms with Crippen molar-refractivity contribution in [3.8, 4) is 0 Å².